The molecule has 0 fully saturated rings. The Kier molecular flexibility index (Phi) is 9.66. The molecule has 0 aliphatic rings. The number of halogens is 2. The summed E-state index contributed by atoms with van der Waals surface area (Å²) in [5.41, 5.74) is 2.25. The maximum absolute atomic E-state index is 12.9. The summed E-state index contributed by atoms with van der Waals surface area (Å²) < 4.78 is 24.1. The van der Waals surface area contributed by atoms with E-state index in [0.717, 1.165) is 42.1 Å². The molecule has 0 atom stereocenters. The van der Waals surface area contributed by atoms with E-state index in [-0.39, 0.29) is 18.2 Å². The highest BCUT2D eigenvalue weighted by molar-refractivity contribution is 5.85. The van der Waals surface area contributed by atoms with Gasteiger partial charge >= 0.3 is 0 Å². The normalized spacial score (nSPS) is 10.0. The average Bonchev–Trinajstić information content (AvgIpc) is 2.60. The Hall–Kier alpha value is -2.04. The standard InChI is InChI=1S/C20H24FNO2.ClH/c1-3-13-24-19-10-7-17(14-20(19)23-4-2)15-22-12-11-16-5-8-18(21)9-6-16;/h3,5-10,14,22H,1,4,11-13,15H2,2H3;1H. The third kappa shape index (κ3) is 7.16. The molecule has 0 aliphatic heterocycles. The van der Waals surface area contributed by atoms with Crippen LogP contribution in [0.2, 0.25) is 0 Å². The van der Waals surface area contributed by atoms with Crippen molar-refractivity contribution in [3.05, 3.63) is 72.1 Å². The van der Waals surface area contributed by atoms with E-state index < -0.39 is 0 Å². The summed E-state index contributed by atoms with van der Waals surface area (Å²) >= 11 is 0. The monoisotopic (exact) mass is 365 g/mol. The molecule has 136 valence electrons. The van der Waals surface area contributed by atoms with Crippen LogP contribution >= 0.6 is 12.4 Å². The molecule has 1 N–H and O–H groups in total. The van der Waals surface area contributed by atoms with Crippen LogP contribution in [0.25, 0.3) is 0 Å². The predicted octanol–water partition coefficient (Wildman–Crippen LogP) is 4.54. The van der Waals surface area contributed by atoms with Gasteiger partial charge in [-0.3, -0.25) is 0 Å². The summed E-state index contributed by atoms with van der Waals surface area (Å²) in [7, 11) is 0. The molecular formula is C20H25ClFNO2. The van der Waals surface area contributed by atoms with Crippen LogP contribution in [0.5, 0.6) is 11.5 Å². The van der Waals surface area contributed by atoms with Crippen molar-refractivity contribution in [1.29, 1.82) is 0 Å². The lowest BCUT2D eigenvalue weighted by atomic mass is 10.1. The first kappa shape index (κ1) is 21.0. The van der Waals surface area contributed by atoms with E-state index in [9.17, 15) is 4.39 Å². The number of rotatable bonds is 10. The molecule has 3 nitrogen and oxygen atoms in total. The lowest BCUT2D eigenvalue weighted by Crippen LogP contribution is -2.16. The van der Waals surface area contributed by atoms with Gasteiger partial charge in [0.25, 0.3) is 0 Å². The van der Waals surface area contributed by atoms with Crippen LogP contribution in [0, 0.1) is 5.82 Å². The van der Waals surface area contributed by atoms with Gasteiger partial charge in [0.15, 0.2) is 11.5 Å². The largest absolute Gasteiger partial charge is 0.490 e. The van der Waals surface area contributed by atoms with Crippen molar-refractivity contribution < 1.29 is 13.9 Å². The Morgan fingerprint density at radius 1 is 1.04 bits per heavy atom. The van der Waals surface area contributed by atoms with E-state index in [1.165, 1.54) is 12.1 Å². The molecular weight excluding hydrogens is 341 g/mol. The van der Waals surface area contributed by atoms with Crippen molar-refractivity contribution in [2.45, 2.75) is 19.9 Å². The first-order valence-corrected chi connectivity index (χ1v) is 8.17. The molecule has 0 saturated heterocycles. The third-order valence-corrected chi connectivity index (χ3v) is 3.50. The van der Waals surface area contributed by atoms with Gasteiger partial charge in [0.1, 0.15) is 12.4 Å². The molecule has 2 rings (SSSR count). The molecule has 0 aliphatic carbocycles. The van der Waals surface area contributed by atoms with Gasteiger partial charge in [-0.15, -0.1) is 12.4 Å². The van der Waals surface area contributed by atoms with Gasteiger partial charge in [-0.25, -0.2) is 4.39 Å². The first-order chi connectivity index (χ1) is 11.7. The van der Waals surface area contributed by atoms with Crippen LogP contribution in [0.1, 0.15) is 18.1 Å². The number of hydrogen-bond acceptors (Lipinski definition) is 3. The van der Waals surface area contributed by atoms with Crippen molar-refractivity contribution in [1.82, 2.24) is 5.32 Å². The minimum absolute atomic E-state index is 0. The zero-order valence-electron chi connectivity index (χ0n) is 14.5. The molecule has 0 spiro atoms. The van der Waals surface area contributed by atoms with Gasteiger partial charge < -0.3 is 14.8 Å². The molecule has 25 heavy (non-hydrogen) atoms. The van der Waals surface area contributed by atoms with Crippen molar-refractivity contribution in [3.8, 4) is 11.5 Å². The van der Waals surface area contributed by atoms with E-state index in [4.69, 9.17) is 9.47 Å². The molecule has 0 saturated carbocycles. The van der Waals surface area contributed by atoms with Gasteiger partial charge in [-0.1, -0.05) is 30.9 Å². The topological polar surface area (TPSA) is 30.5 Å². The molecule has 0 bridgehead atoms. The van der Waals surface area contributed by atoms with E-state index in [0.29, 0.717) is 13.2 Å². The number of benzene rings is 2. The zero-order valence-corrected chi connectivity index (χ0v) is 15.3. The third-order valence-electron chi connectivity index (χ3n) is 3.50. The predicted molar refractivity (Wildman–Crippen MR) is 102 cm³/mol. The molecule has 0 radical (unpaired) electrons. The maximum Gasteiger partial charge on any atom is 0.161 e. The van der Waals surface area contributed by atoms with Crippen LogP contribution in [0.4, 0.5) is 4.39 Å². The smallest absolute Gasteiger partial charge is 0.161 e. The lowest BCUT2D eigenvalue weighted by molar-refractivity contribution is 0.296. The SMILES string of the molecule is C=CCOc1ccc(CNCCc2ccc(F)cc2)cc1OCC.Cl. The van der Waals surface area contributed by atoms with Crippen molar-refractivity contribution in [2.24, 2.45) is 0 Å². The zero-order chi connectivity index (χ0) is 17.2. The maximum atomic E-state index is 12.9. The second-order valence-corrected chi connectivity index (χ2v) is 5.37. The van der Waals surface area contributed by atoms with E-state index >= 15 is 0 Å². The molecule has 2 aromatic carbocycles. The summed E-state index contributed by atoms with van der Waals surface area (Å²) in [6.45, 7) is 8.21. The average molecular weight is 366 g/mol. The highest BCUT2D eigenvalue weighted by Crippen LogP contribution is 2.28. The van der Waals surface area contributed by atoms with Gasteiger partial charge in [0.05, 0.1) is 6.61 Å². The van der Waals surface area contributed by atoms with E-state index in [2.05, 4.69) is 11.9 Å². The Morgan fingerprint density at radius 2 is 1.76 bits per heavy atom. The number of ether oxygens (including phenoxy) is 2. The highest BCUT2D eigenvalue weighted by Gasteiger charge is 2.06. The minimum atomic E-state index is -0.200. The van der Waals surface area contributed by atoms with E-state index in [1.54, 1.807) is 6.08 Å². The fourth-order valence-electron chi connectivity index (χ4n) is 2.32. The van der Waals surface area contributed by atoms with Crippen LogP contribution in [0.15, 0.2) is 55.1 Å². The summed E-state index contributed by atoms with van der Waals surface area (Å²) in [4.78, 5) is 0. The summed E-state index contributed by atoms with van der Waals surface area (Å²) in [5.74, 6) is 1.28. The molecule has 2 aromatic rings. The minimum Gasteiger partial charge on any atom is -0.490 e. The highest BCUT2D eigenvalue weighted by atomic mass is 35.5. The van der Waals surface area contributed by atoms with Gasteiger partial charge in [0, 0.05) is 6.54 Å². The van der Waals surface area contributed by atoms with E-state index in [1.807, 2.05) is 37.3 Å². The second kappa shape index (κ2) is 11.5. The Balaban J connectivity index is 0.00000312. The number of hydrogen-bond donors (Lipinski definition) is 1. The molecule has 0 heterocycles. The van der Waals surface area contributed by atoms with Gasteiger partial charge in [-0.05, 0) is 55.3 Å². The summed E-state index contributed by atoms with van der Waals surface area (Å²) in [6, 6.07) is 12.5. The Labute approximate surface area is 155 Å². The summed E-state index contributed by atoms with van der Waals surface area (Å²) in [5, 5.41) is 3.39. The number of nitrogens with one attached hydrogen (secondary N) is 1. The molecule has 0 unspecified atom stereocenters. The molecule has 0 aromatic heterocycles. The first-order valence-electron chi connectivity index (χ1n) is 8.17. The van der Waals surface area contributed by atoms with Gasteiger partial charge in [-0.2, -0.15) is 0 Å². The fourth-order valence-corrected chi connectivity index (χ4v) is 2.32. The lowest BCUT2D eigenvalue weighted by Gasteiger charge is -2.13. The van der Waals surface area contributed by atoms with Crippen LogP contribution in [-0.2, 0) is 13.0 Å². The van der Waals surface area contributed by atoms with Gasteiger partial charge in [0.2, 0.25) is 0 Å². The van der Waals surface area contributed by atoms with Crippen LogP contribution in [0.3, 0.4) is 0 Å². The van der Waals surface area contributed by atoms with Crippen LogP contribution < -0.4 is 14.8 Å². The summed E-state index contributed by atoms with van der Waals surface area (Å²) in [6.07, 6.45) is 2.57. The molecule has 0 amide bonds. The van der Waals surface area contributed by atoms with Crippen molar-refractivity contribution >= 4 is 12.4 Å². The second-order valence-electron chi connectivity index (χ2n) is 5.37. The Morgan fingerprint density at radius 3 is 2.44 bits per heavy atom. The van der Waals surface area contributed by atoms with Crippen LogP contribution in [-0.4, -0.2) is 19.8 Å². The fraction of sp³-hybridized carbons (Fsp3) is 0.300. The van der Waals surface area contributed by atoms with Crippen molar-refractivity contribution in [3.63, 3.8) is 0 Å². The molecule has 5 heteroatoms. The quantitative estimate of drug-likeness (QED) is 0.495. The van der Waals surface area contributed by atoms with Crippen molar-refractivity contribution in [2.75, 3.05) is 19.8 Å². The Bertz CT molecular complexity index is 647.